The second kappa shape index (κ2) is 16.8. The number of benzene rings is 4. The number of phenolic OH excluding ortho intramolecular Hbond substituents is 1. The van der Waals surface area contributed by atoms with Crippen LogP contribution in [-0.2, 0) is 14.4 Å². The zero-order valence-electron chi connectivity index (χ0n) is 26.1. The number of azo groups is 1. The number of ether oxygens (including phenoxy) is 3. The number of rotatable bonds is 9. The monoisotopic (exact) mass is 663 g/mol. The van der Waals surface area contributed by atoms with Gasteiger partial charge >= 0.3 is 17.9 Å². The SMILES string of the molecule is CN1CC(C(=O)O)CC1=O.COc1ccc(C(=O)O)c(O)c1OC.O=C(O)COc1ccc(N=Nc2c(O)ccc3ccccc23)cc1. The predicted molar refractivity (Wildman–Crippen MR) is 171 cm³/mol. The van der Waals surface area contributed by atoms with Crippen LogP contribution in [0.1, 0.15) is 16.8 Å². The maximum atomic E-state index is 10.8. The standard InChI is InChI=1S/C18H14N2O4.C9H10O5.C6H9NO3/c21-16-10-5-12-3-1-2-4-15(12)18(16)20-19-13-6-8-14(9-7-13)24-11-17(22)23;1-13-6-4-3-5(9(11)12)7(10)8(6)14-2;1-7-3-4(6(9)10)2-5(7)8/h1-10,21H,11H2,(H,22,23);3-4,10H,1-2H3,(H,11,12);4H,2-3H2,1H3,(H,9,10). The first-order chi connectivity index (χ1) is 22.9. The number of carbonyl (C=O) groups excluding carboxylic acids is 1. The van der Waals surface area contributed by atoms with Crippen LogP contribution in [0.25, 0.3) is 10.8 Å². The van der Waals surface area contributed by atoms with Crippen LogP contribution >= 0.6 is 0 Å². The van der Waals surface area contributed by atoms with Gasteiger partial charge in [-0.25, -0.2) is 9.59 Å². The quantitative estimate of drug-likeness (QED) is 0.148. The van der Waals surface area contributed by atoms with Gasteiger partial charge in [-0.1, -0.05) is 30.3 Å². The molecule has 0 radical (unpaired) electrons. The molecular formula is C33H33N3O12. The van der Waals surface area contributed by atoms with Gasteiger partial charge in [0.2, 0.25) is 11.7 Å². The highest BCUT2D eigenvalue weighted by molar-refractivity contribution is 5.95. The topological polar surface area (TPSA) is 225 Å². The first-order valence-electron chi connectivity index (χ1n) is 14.1. The average Bonchev–Trinajstić information content (AvgIpc) is 3.41. The minimum Gasteiger partial charge on any atom is -0.506 e. The number of fused-ring (bicyclic) bond motifs is 1. The summed E-state index contributed by atoms with van der Waals surface area (Å²) in [6.45, 7) is -0.0427. The molecule has 15 heteroatoms. The van der Waals surface area contributed by atoms with Gasteiger partial charge < -0.3 is 44.6 Å². The molecule has 4 aromatic carbocycles. The van der Waals surface area contributed by atoms with E-state index in [0.717, 1.165) is 10.8 Å². The molecule has 1 heterocycles. The molecule has 252 valence electrons. The summed E-state index contributed by atoms with van der Waals surface area (Å²) in [7, 11) is 4.34. The molecule has 1 unspecified atom stereocenters. The molecule has 1 aliphatic heterocycles. The number of carboxylic acid groups (broad SMARTS) is 3. The largest absolute Gasteiger partial charge is 0.506 e. The smallest absolute Gasteiger partial charge is 0.341 e. The van der Waals surface area contributed by atoms with Crippen molar-refractivity contribution in [1.29, 1.82) is 0 Å². The van der Waals surface area contributed by atoms with E-state index >= 15 is 0 Å². The summed E-state index contributed by atoms with van der Waals surface area (Å²) in [6.07, 6.45) is 0.159. The van der Waals surface area contributed by atoms with Crippen molar-refractivity contribution >= 4 is 46.0 Å². The van der Waals surface area contributed by atoms with Gasteiger partial charge in [0.1, 0.15) is 22.7 Å². The molecule has 0 saturated carbocycles. The van der Waals surface area contributed by atoms with Crippen LogP contribution in [0.5, 0.6) is 28.7 Å². The van der Waals surface area contributed by atoms with Gasteiger partial charge in [-0.2, -0.15) is 5.11 Å². The molecule has 0 bridgehead atoms. The van der Waals surface area contributed by atoms with Crippen molar-refractivity contribution in [1.82, 2.24) is 4.90 Å². The van der Waals surface area contributed by atoms with E-state index in [9.17, 15) is 29.4 Å². The number of likely N-dealkylation sites (tertiary alicyclic amines) is 1. The number of methoxy groups -OCH3 is 2. The molecule has 0 aliphatic carbocycles. The van der Waals surface area contributed by atoms with Crippen molar-refractivity contribution in [3.05, 3.63) is 78.4 Å². The Morgan fingerprint density at radius 3 is 2.10 bits per heavy atom. The minimum absolute atomic E-state index is 0.0207. The third-order valence-corrected chi connectivity index (χ3v) is 6.78. The number of phenols is 2. The molecule has 0 spiro atoms. The van der Waals surface area contributed by atoms with Crippen LogP contribution < -0.4 is 14.2 Å². The molecule has 5 N–H and O–H groups in total. The summed E-state index contributed by atoms with van der Waals surface area (Å²) >= 11 is 0. The Hall–Kier alpha value is -6.38. The Morgan fingerprint density at radius 2 is 1.56 bits per heavy atom. The van der Waals surface area contributed by atoms with Gasteiger partial charge in [0.05, 0.1) is 25.8 Å². The molecular weight excluding hydrogens is 630 g/mol. The Bertz CT molecular complexity index is 1810. The lowest BCUT2D eigenvalue weighted by Crippen LogP contribution is -2.20. The van der Waals surface area contributed by atoms with E-state index < -0.39 is 36.2 Å². The van der Waals surface area contributed by atoms with Gasteiger partial charge in [-0.05, 0) is 47.9 Å². The number of amides is 1. The Labute approximate surface area is 273 Å². The van der Waals surface area contributed by atoms with Crippen molar-refractivity contribution in [3.8, 4) is 28.7 Å². The number of nitrogens with zero attached hydrogens (tertiary/aromatic N) is 3. The summed E-state index contributed by atoms with van der Waals surface area (Å²) in [5.74, 6) is -3.33. The normalized spacial score (nSPS) is 13.6. The highest BCUT2D eigenvalue weighted by Crippen LogP contribution is 2.39. The van der Waals surface area contributed by atoms with Crippen molar-refractivity contribution in [2.24, 2.45) is 16.1 Å². The number of aliphatic carboxylic acids is 2. The second-order valence-electron chi connectivity index (χ2n) is 10.0. The molecule has 48 heavy (non-hydrogen) atoms. The molecule has 1 atom stereocenters. The molecule has 4 aromatic rings. The molecule has 1 saturated heterocycles. The minimum atomic E-state index is -1.22. The summed E-state index contributed by atoms with van der Waals surface area (Å²) in [4.78, 5) is 43.6. The van der Waals surface area contributed by atoms with E-state index in [2.05, 4.69) is 10.2 Å². The van der Waals surface area contributed by atoms with Gasteiger partial charge in [-0.15, -0.1) is 5.11 Å². The molecule has 5 rings (SSSR count). The first-order valence-corrected chi connectivity index (χ1v) is 14.1. The third kappa shape index (κ3) is 9.56. The summed E-state index contributed by atoms with van der Waals surface area (Å²) in [6, 6.07) is 20.2. The fourth-order valence-electron chi connectivity index (χ4n) is 4.32. The van der Waals surface area contributed by atoms with Crippen LogP contribution in [0.15, 0.2) is 83.0 Å². The molecule has 1 aliphatic rings. The Kier molecular flexibility index (Phi) is 12.6. The van der Waals surface area contributed by atoms with E-state index in [0.29, 0.717) is 23.7 Å². The summed E-state index contributed by atoms with van der Waals surface area (Å²) in [5.41, 5.74) is 0.743. The van der Waals surface area contributed by atoms with Crippen LogP contribution in [0.2, 0.25) is 0 Å². The van der Waals surface area contributed by atoms with E-state index in [1.165, 1.54) is 31.3 Å². The second-order valence-corrected chi connectivity index (χ2v) is 10.0. The van der Waals surface area contributed by atoms with Gasteiger partial charge in [-0.3, -0.25) is 9.59 Å². The Morgan fingerprint density at radius 1 is 0.875 bits per heavy atom. The average molecular weight is 664 g/mol. The van der Waals surface area contributed by atoms with Gasteiger partial charge in [0.25, 0.3) is 0 Å². The maximum Gasteiger partial charge on any atom is 0.341 e. The van der Waals surface area contributed by atoms with Crippen molar-refractivity contribution in [3.63, 3.8) is 0 Å². The summed E-state index contributed by atoms with van der Waals surface area (Å²) < 4.78 is 14.7. The Balaban J connectivity index is 0.000000220. The highest BCUT2D eigenvalue weighted by Gasteiger charge is 2.31. The number of aromatic carboxylic acids is 1. The first kappa shape index (κ1) is 36.1. The van der Waals surface area contributed by atoms with E-state index in [1.807, 2.05) is 30.3 Å². The van der Waals surface area contributed by atoms with Crippen LogP contribution in [-0.4, -0.2) is 88.7 Å². The van der Waals surface area contributed by atoms with Gasteiger partial charge in [0, 0.05) is 25.4 Å². The fraction of sp³-hybridized carbons (Fsp3) is 0.212. The predicted octanol–water partition coefficient (Wildman–Crippen LogP) is 5.08. The number of hydrogen-bond acceptors (Lipinski definition) is 11. The number of aromatic hydroxyl groups is 2. The molecule has 1 amide bonds. The molecule has 15 nitrogen and oxygen atoms in total. The number of carboxylic acids is 3. The van der Waals surface area contributed by atoms with E-state index in [-0.39, 0.29) is 35.1 Å². The zero-order chi connectivity index (χ0) is 35.4. The van der Waals surface area contributed by atoms with Crippen LogP contribution in [0.3, 0.4) is 0 Å². The number of hydrogen-bond donors (Lipinski definition) is 5. The lowest BCUT2D eigenvalue weighted by atomic mass is 10.1. The lowest BCUT2D eigenvalue weighted by molar-refractivity contribution is -0.141. The molecule has 0 aromatic heterocycles. The van der Waals surface area contributed by atoms with E-state index in [4.69, 9.17) is 29.5 Å². The molecule has 1 fully saturated rings. The van der Waals surface area contributed by atoms with Crippen LogP contribution in [0.4, 0.5) is 11.4 Å². The lowest BCUT2D eigenvalue weighted by Gasteiger charge is -2.10. The highest BCUT2D eigenvalue weighted by atomic mass is 16.5. The van der Waals surface area contributed by atoms with Gasteiger partial charge in [0.15, 0.2) is 18.1 Å². The fourth-order valence-corrected chi connectivity index (χ4v) is 4.32. The van der Waals surface area contributed by atoms with E-state index in [1.54, 1.807) is 37.4 Å². The summed E-state index contributed by atoms with van der Waals surface area (Å²) in [5, 5.41) is 55.3. The van der Waals surface area contributed by atoms with Crippen molar-refractivity contribution in [2.75, 3.05) is 34.4 Å². The van der Waals surface area contributed by atoms with Crippen LogP contribution in [0, 0.1) is 5.92 Å². The van der Waals surface area contributed by atoms with Crippen molar-refractivity contribution in [2.45, 2.75) is 6.42 Å². The number of carbonyl (C=O) groups is 4. The zero-order valence-corrected chi connectivity index (χ0v) is 26.1. The van der Waals surface area contributed by atoms with Crippen molar-refractivity contribution < 1.29 is 58.9 Å². The maximum absolute atomic E-state index is 10.8. The third-order valence-electron chi connectivity index (χ3n) is 6.78.